The van der Waals surface area contributed by atoms with Crippen molar-refractivity contribution in [2.45, 2.75) is 12.2 Å². The highest BCUT2D eigenvalue weighted by molar-refractivity contribution is 5.69. The maximum absolute atomic E-state index is 10.9. The van der Waals surface area contributed by atoms with E-state index in [9.17, 15) is 9.59 Å². The minimum Gasteiger partial charge on any atom is -0.490 e. The molecule has 0 aliphatic carbocycles. The largest absolute Gasteiger partial charge is 0.490 e. The Hall–Kier alpha value is -2.64. The average Bonchev–Trinajstić information content (AvgIpc) is 3.12. The van der Waals surface area contributed by atoms with Gasteiger partial charge in [-0.05, 0) is 24.3 Å². The topological polar surface area (TPSA) is 95.1 Å². The molecule has 2 aliphatic rings. The normalized spacial score (nSPS) is 23.3. The molecule has 0 radical (unpaired) electrons. The molecule has 2 N–H and O–H groups in total. The third-order valence-corrected chi connectivity index (χ3v) is 3.19. The Balaban J connectivity index is 1.42. The van der Waals surface area contributed by atoms with Gasteiger partial charge in [0.15, 0.2) is 12.2 Å². The van der Waals surface area contributed by atoms with Crippen LogP contribution in [0.2, 0.25) is 0 Å². The number of ether oxygens (including phenoxy) is 4. The van der Waals surface area contributed by atoms with E-state index in [1.54, 1.807) is 24.3 Å². The smallest absolute Gasteiger partial charge is 0.407 e. The van der Waals surface area contributed by atoms with Crippen LogP contribution in [0.5, 0.6) is 11.5 Å². The van der Waals surface area contributed by atoms with Crippen molar-refractivity contribution in [2.75, 3.05) is 26.3 Å². The third kappa shape index (κ3) is 3.72. The first-order chi connectivity index (χ1) is 10.7. The second kappa shape index (κ2) is 6.42. The Labute approximate surface area is 126 Å². The molecular weight excluding hydrogens is 292 g/mol. The van der Waals surface area contributed by atoms with Gasteiger partial charge in [0, 0.05) is 0 Å². The van der Waals surface area contributed by atoms with Crippen molar-refractivity contribution in [2.24, 2.45) is 0 Å². The number of carbonyl (C=O) groups excluding carboxylic acids is 2. The predicted octanol–water partition coefficient (Wildman–Crippen LogP) is 0.661. The van der Waals surface area contributed by atoms with Gasteiger partial charge in [0.05, 0.1) is 13.1 Å². The molecule has 2 fully saturated rings. The summed E-state index contributed by atoms with van der Waals surface area (Å²) in [6.45, 7) is 1.49. The molecule has 3 rings (SSSR count). The van der Waals surface area contributed by atoms with Crippen molar-refractivity contribution >= 4 is 12.2 Å². The molecule has 8 nitrogen and oxygen atoms in total. The van der Waals surface area contributed by atoms with Crippen LogP contribution in [0.3, 0.4) is 0 Å². The van der Waals surface area contributed by atoms with Crippen molar-refractivity contribution < 1.29 is 28.5 Å². The molecule has 1 aromatic carbocycles. The molecule has 0 saturated carbocycles. The van der Waals surface area contributed by atoms with Crippen LogP contribution in [-0.2, 0) is 9.47 Å². The van der Waals surface area contributed by atoms with Gasteiger partial charge in [-0.3, -0.25) is 0 Å². The molecule has 118 valence electrons. The molecule has 8 heteroatoms. The molecule has 1 aromatic rings. The number of cyclic esters (lactones) is 2. The Morgan fingerprint density at radius 3 is 1.59 bits per heavy atom. The van der Waals surface area contributed by atoms with Crippen LogP contribution in [0.4, 0.5) is 9.59 Å². The highest BCUT2D eigenvalue weighted by Gasteiger charge is 2.23. The zero-order valence-corrected chi connectivity index (χ0v) is 11.7. The molecule has 0 unspecified atom stereocenters. The summed E-state index contributed by atoms with van der Waals surface area (Å²) in [6.07, 6.45) is -1.38. The van der Waals surface area contributed by atoms with Gasteiger partial charge in [-0.1, -0.05) is 0 Å². The van der Waals surface area contributed by atoms with E-state index < -0.39 is 12.2 Å². The number of amides is 2. The van der Waals surface area contributed by atoms with E-state index in [2.05, 4.69) is 10.6 Å². The van der Waals surface area contributed by atoms with Crippen molar-refractivity contribution in [3.8, 4) is 11.5 Å². The fourth-order valence-corrected chi connectivity index (χ4v) is 2.06. The highest BCUT2D eigenvalue weighted by atomic mass is 16.6. The Bertz CT molecular complexity index is 498. The van der Waals surface area contributed by atoms with Gasteiger partial charge < -0.3 is 29.6 Å². The highest BCUT2D eigenvalue weighted by Crippen LogP contribution is 2.18. The van der Waals surface area contributed by atoms with E-state index in [0.717, 1.165) is 0 Å². The van der Waals surface area contributed by atoms with E-state index in [0.29, 0.717) is 37.8 Å². The molecule has 2 aliphatic heterocycles. The van der Waals surface area contributed by atoms with E-state index in [-0.39, 0.29) is 12.2 Å². The van der Waals surface area contributed by atoms with Crippen LogP contribution in [0, 0.1) is 0 Å². The molecule has 0 aromatic heterocycles. The van der Waals surface area contributed by atoms with Crippen LogP contribution in [0.15, 0.2) is 24.3 Å². The molecular formula is C14H16N2O6. The van der Waals surface area contributed by atoms with Gasteiger partial charge in [0.25, 0.3) is 0 Å². The second-order valence-electron chi connectivity index (χ2n) is 4.91. The number of carbonyl (C=O) groups is 2. The summed E-state index contributed by atoms with van der Waals surface area (Å²) in [5.74, 6) is 1.31. The first kappa shape index (κ1) is 14.3. The molecule has 2 saturated heterocycles. The lowest BCUT2D eigenvalue weighted by Crippen LogP contribution is -2.22. The number of alkyl carbamates (subject to hydrolysis) is 2. The van der Waals surface area contributed by atoms with Gasteiger partial charge in [0.2, 0.25) is 0 Å². The van der Waals surface area contributed by atoms with Gasteiger partial charge in [0.1, 0.15) is 24.7 Å². The van der Waals surface area contributed by atoms with E-state index in [4.69, 9.17) is 18.9 Å². The van der Waals surface area contributed by atoms with Crippen LogP contribution >= 0.6 is 0 Å². The number of hydrogen-bond donors (Lipinski definition) is 2. The lowest BCUT2D eigenvalue weighted by molar-refractivity contribution is 0.103. The van der Waals surface area contributed by atoms with E-state index >= 15 is 0 Å². The van der Waals surface area contributed by atoms with Gasteiger partial charge in [-0.25, -0.2) is 9.59 Å². The van der Waals surface area contributed by atoms with E-state index in [1.807, 2.05) is 0 Å². The summed E-state index contributed by atoms with van der Waals surface area (Å²) in [7, 11) is 0. The minimum absolute atomic E-state index is 0.270. The Morgan fingerprint density at radius 1 is 0.864 bits per heavy atom. The van der Waals surface area contributed by atoms with Crippen LogP contribution in [-0.4, -0.2) is 50.7 Å². The third-order valence-electron chi connectivity index (χ3n) is 3.19. The second-order valence-corrected chi connectivity index (χ2v) is 4.91. The van der Waals surface area contributed by atoms with Crippen molar-refractivity contribution in [1.82, 2.24) is 10.6 Å². The van der Waals surface area contributed by atoms with Gasteiger partial charge >= 0.3 is 12.2 Å². The van der Waals surface area contributed by atoms with Gasteiger partial charge in [-0.15, -0.1) is 0 Å². The minimum atomic E-state index is -0.417. The SMILES string of the molecule is O=C1NC[C@@H](COc2ccc(OC[C@@H]3CNC(=O)O3)cc2)O1. The standard InChI is InChI=1S/C14H16N2O6/c17-13-15-5-11(21-13)7-19-9-1-2-10(4-3-9)20-8-12-6-16-14(18)22-12/h1-4,11-12H,5-8H2,(H,15,17)(H,16,18)/t11-,12-/m0/s1. The molecule has 2 amide bonds. The van der Waals surface area contributed by atoms with Crippen LogP contribution < -0.4 is 20.1 Å². The summed E-state index contributed by atoms with van der Waals surface area (Å²) in [5, 5.41) is 5.12. The summed E-state index contributed by atoms with van der Waals surface area (Å²) in [4.78, 5) is 21.7. The number of rotatable bonds is 6. The zero-order chi connectivity index (χ0) is 15.4. The lowest BCUT2D eigenvalue weighted by Gasteiger charge is -2.12. The first-order valence-electron chi connectivity index (χ1n) is 6.93. The number of hydrogen-bond acceptors (Lipinski definition) is 6. The maximum Gasteiger partial charge on any atom is 0.407 e. The van der Waals surface area contributed by atoms with Crippen molar-refractivity contribution in [3.05, 3.63) is 24.3 Å². The molecule has 22 heavy (non-hydrogen) atoms. The molecule has 2 atom stereocenters. The maximum atomic E-state index is 10.9. The number of benzene rings is 1. The van der Waals surface area contributed by atoms with E-state index in [1.165, 1.54) is 0 Å². The first-order valence-corrected chi connectivity index (χ1v) is 6.93. The van der Waals surface area contributed by atoms with Crippen LogP contribution in [0.1, 0.15) is 0 Å². The average molecular weight is 308 g/mol. The molecule has 0 bridgehead atoms. The van der Waals surface area contributed by atoms with Crippen molar-refractivity contribution in [3.63, 3.8) is 0 Å². The predicted molar refractivity (Wildman–Crippen MR) is 74.0 cm³/mol. The van der Waals surface area contributed by atoms with Gasteiger partial charge in [-0.2, -0.15) is 0 Å². The van der Waals surface area contributed by atoms with Crippen LogP contribution in [0.25, 0.3) is 0 Å². The summed E-state index contributed by atoms with van der Waals surface area (Å²) in [6, 6.07) is 7.05. The Kier molecular flexibility index (Phi) is 4.17. The summed E-state index contributed by atoms with van der Waals surface area (Å²) in [5.41, 5.74) is 0. The zero-order valence-electron chi connectivity index (χ0n) is 11.7. The fourth-order valence-electron chi connectivity index (χ4n) is 2.06. The quantitative estimate of drug-likeness (QED) is 0.801. The summed E-state index contributed by atoms with van der Waals surface area (Å²) < 4.78 is 21.0. The molecule has 2 heterocycles. The Morgan fingerprint density at radius 2 is 1.27 bits per heavy atom. The van der Waals surface area contributed by atoms with Crippen molar-refractivity contribution in [1.29, 1.82) is 0 Å². The fraction of sp³-hybridized carbons (Fsp3) is 0.429. The number of nitrogens with one attached hydrogen (secondary N) is 2. The monoisotopic (exact) mass is 308 g/mol. The molecule has 0 spiro atoms. The lowest BCUT2D eigenvalue weighted by atomic mass is 10.3. The summed E-state index contributed by atoms with van der Waals surface area (Å²) >= 11 is 0.